The van der Waals surface area contributed by atoms with Crippen molar-refractivity contribution in [2.75, 3.05) is 19.0 Å². The van der Waals surface area contributed by atoms with E-state index in [1.54, 1.807) is 31.4 Å². The number of methoxy groups -OCH3 is 1. The molecule has 4 nitrogen and oxygen atoms in total. The maximum atomic E-state index is 11.7. The van der Waals surface area contributed by atoms with E-state index < -0.39 is 0 Å². The van der Waals surface area contributed by atoms with Crippen LogP contribution in [-0.2, 0) is 4.79 Å². The Labute approximate surface area is 122 Å². The SMILES string of the molecule is COc1ccc(NCC(=O)Oc2cccc(Cl)c2)cc1. The molecule has 5 heteroatoms. The van der Waals surface area contributed by atoms with E-state index in [-0.39, 0.29) is 12.5 Å². The first-order chi connectivity index (χ1) is 9.67. The molecule has 0 bridgehead atoms. The molecule has 0 spiro atoms. The average molecular weight is 292 g/mol. The summed E-state index contributed by atoms with van der Waals surface area (Å²) in [7, 11) is 1.60. The molecule has 20 heavy (non-hydrogen) atoms. The molecule has 0 saturated heterocycles. The van der Waals surface area contributed by atoms with E-state index in [1.807, 2.05) is 24.3 Å². The van der Waals surface area contributed by atoms with E-state index in [0.29, 0.717) is 10.8 Å². The molecule has 0 radical (unpaired) electrons. The predicted molar refractivity (Wildman–Crippen MR) is 78.6 cm³/mol. The maximum absolute atomic E-state index is 11.7. The number of carbonyl (C=O) groups excluding carboxylic acids is 1. The number of ether oxygens (including phenoxy) is 2. The Morgan fingerprint density at radius 1 is 1.15 bits per heavy atom. The Hall–Kier alpha value is -2.20. The third-order valence-electron chi connectivity index (χ3n) is 2.55. The van der Waals surface area contributed by atoms with Crippen LogP contribution in [-0.4, -0.2) is 19.6 Å². The summed E-state index contributed by atoms with van der Waals surface area (Å²) in [6, 6.07) is 14.0. The Morgan fingerprint density at radius 2 is 1.90 bits per heavy atom. The van der Waals surface area contributed by atoms with Gasteiger partial charge in [-0.15, -0.1) is 0 Å². The average Bonchev–Trinajstić information content (AvgIpc) is 2.46. The topological polar surface area (TPSA) is 47.6 Å². The lowest BCUT2D eigenvalue weighted by Crippen LogP contribution is -2.19. The predicted octanol–water partition coefficient (Wildman–Crippen LogP) is 3.37. The fourth-order valence-electron chi connectivity index (χ4n) is 1.58. The van der Waals surface area contributed by atoms with Gasteiger partial charge in [-0.2, -0.15) is 0 Å². The fourth-order valence-corrected chi connectivity index (χ4v) is 1.76. The van der Waals surface area contributed by atoms with Crippen molar-refractivity contribution in [1.29, 1.82) is 0 Å². The molecule has 0 atom stereocenters. The van der Waals surface area contributed by atoms with Crippen LogP contribution in [0.2, 0.25) is 5.02 Å². The molecule has 0 aliphatic carbocycles. The second-order valence-corrected chi connectivity index (χ2v) is 4.45. The molecule has 0 fully saturated rings. The van der Waals surface area contributed by atoms with Crippen LogP contribution in [0.15, 0.2) is 48.5 Å². The number of nitrogens with one attached hydrogen (secondary N) is 1. The third kappa shape index (κ3) is 4.17. The van der Waals surface area contributed by atoms with E-state index >= 15 is 0 Å². The number of benzene rings is 2. The van der Waals surface area contributed by atoms with Crippen LogP contribution in [0.3, 0.4) is 0 Å². The number of esters is 1. The van der Waals surface area contributed by atoms with Gasteiger partial charge in [0.05, 0.1) is 7.11 Å². The molecule has 0 aromatic heterocycles. The van der Waals surface area contributed by atoms with Crippen LogP contribution in [0.25, 0.3) is 0 Å². The highest BCUT2D eigenvalue weighted by Crippen LogP contribution is 2.18. The first kappa shape index (κ1) is 14.2. The van der Waals surface area contributed by atoms with Gasteiger partial charge in [-0.05, 0) is 42.5 Å². The fraction of sp³-hybridized carbons (Fsp3) is 0.133. The second-order valence-electron chi connectivity index (χ2n) is 4.01. The summed E-state index contributed by atoms with van der Waals surface area (Å²) in [6.07, 6.45) is 0. The molecule has 2 rings (SSSR count). The molecule has 0 unspecified atom stereocenters. The first-order valence-corrected chi connectivity index (χ1v) is 6.39. The van der Waals surface area contributed by atoms with Crippen molar-refractivity contribution in [3.63, 3.8) is 0 Å². The highest BCUT2D eigenvalue weighted by molar-refractivity contribution is 6.30. The normalized spacial score (nSPS) is 9.90. The van der Waals surface area contributed by atoms with Gasteiger partial charge < -0.3 is 14.8 Å². The zero-order chi connectivity index (χ0) is 14.4. The molecule has 2 aromatic rings. The maximum Gasteiger partial charge on any atom is 0.330 e. The van der Waals surface area contributed by atoms with Gasteiger partial charge in [0.1, 0.15) is 18.0 Å². The summed E-state index contributed by atoms with van der Waals surface area (Å²) < 4.78 is 10.2. The first-order valence-electron chi connectivity index (χ1n) is 6.01. The Balaban J connectivity index is 1.85. The lowest BCUT2D eigenvalue weighted by atomic mass is 10.3. The van der Waals surface area contributed by atoms with Crippen molar-refractivity contribution in [2.24, 2.45) is 0 Å². The van der Waals surface area contributed by atoms with Crippen LogP contribution >= 0.6 is 11.6 Å². The monoisotopic (exact) mass is 291 g/mol. The van der Waals surface area contributed by atoms with E-state index in [1.165, 1.54) is 0 Å². The third-order valence-corrected chi connectivity index (χ3v) is 2.79. The lowest BCUT2D eigenvalue weighted by Gasteiger charge is -2.08. The molecular formula is C15H14ClNO3. The summed E-state index contributed by atoms with van der Waals surface area (Å²) in [6.45, 7) is 0.0683. The van der Waals surface area contributed by atoms with E-state index in [2.05, 4.69) is 5.32 Å². The summed E-state index contributed by atoms with van der Waals surface area (Å²) in [5.41, 5.74) is 0.814. The number of rotatable bonds is 5. The van der Waals surface area contributed by atoms with E-state index in [4.69, 9.17) is 21.1 Å². The van der Waals surface area contributed by atoms with Gasteiger partial charge in [0.15, 0.2) is 0 Å². The number of hydrogen-bond acceptors (Lipinski definition) is 4. The zero-order valence-electron chi connectivity index (χ0n) is 10.9. The summed E-state index contributed by atoms with van der Waals surface area (Å²) in [4.78, 5) is 11.7. The van der Waals surface area contributed by atoms with Crippen LogP contribution < -0.4 is 14.8 Å². The summed E-state index contributed by atoms with van der Waals surface area (Å²) in [5, 5.41) is 3.49. The number of halogens is 1. The van der Waals surface area contributed by atoms with Crippen molar-refractivity contribution in [3.8, 4) is 11.5 Å². The minimum Gasteiger partial charge on any atom is -0.497 e. The molecule has 1 N–H and O–H groups in total. The van der Waals surface area contributed by atoms with E-state index in [9.17, 15) is 4.79 Å². The van der Waals surface area contributed by atoms with Crippen molar-refractivity contribution in [3.05, 3.63) is 53.6 Å². The van der Waals surface area contributed by atoms with Crippen molar-refractivity contribution in [2.45, 2.75) is 0 Å². The zero-order valence-corrected chi connectivity index (χ0v) is 11.7. The molecular weight excluding hydrogens is 278 g/mol. The lowest BCUT2D eigenvalue weighted by molar-refractivity contribution is -0.132. The number of carbonyl (C=O) groups is 1. The largest absolute Gasteiger partial charge is 0.497 e. The molecule has 2 aromatic carbocycles. The van der Waals surface area contributed by atoms with Gasteiger partial charge in [0.25, 0.3) is 0 Å². The minimum absolute atomic E-state index is 0.0683. The van der Waals surface area contributed by atoms with Crippen LogP contribution in [0.4, 0.5) is 5.69 Å². The molecule has 0 amide bonds. The summed E-state index contributed by atoms with van der Waals surface area (Å²) >= 11 is 5.81. The Morgan fingerprint density at radius 3 is 2.55 bits per heavy atom. The van der Waals surface area contributed by atoms with Gasteiger partial charge >= 0.3 is 5.97 Å². The molecule has 0 heterocycles. The van der Waals surface area contributed by atoms with Gasteiger partial charge in [-0.25, -0.2) is 4.79 Å². The quantitative estimate of drug-likeness (QED) is 0.678. The molecule has 0 aliphatic heterocycles. The van der Waals surface area contributed by atoms with Crippen LogP contribution in [0.5, 0.6) is 11.5 Å². The Kier molecular flexibility index (Phi) is 4.85. The smallest absolute Gasteiger partial charge is 0.330 e. The van der Waals surface area contributed by atoms with Crippen LogP contribution in [0.1, 0.15) is 0 Å². The van der Waals surface area contributed by atoms with Gasteiger partial charge in [-0.3, -0.25) is 0 Å². The standard InChI is InChI=1S/C15H14ClNO3/c1-19-13-7-5-12(6-8-13)17-10-15(18)20-14-4-2-3-11(16)9-14/h2-9,17H,10H2,1H3. The Bertz CT molecular complexity index is 584. The molecule has 0 aliphatic rings. The highest BCUT2D eigenvalue weighted by Gasteiger charge is 2.05. The molecule has 0 saturated carbocycles. The number of hydrogen-bond donors (Lipinski definition) is 1. The van der Waals surface area contributed by atoms with Gasteiger partial charge in [0.2, 0.25) is 0 Å². The van der Waals surface area contributed by atoms with Crippen molar-refractivity contribution in [1.82, 2.24) is 0 Å². The highest BCUT2D eigenvalue weighted by atomic mass is 35.5. The van der Waals surface area contributed by atoms with Crippen molar-refractivity contribution < 1.29 is 14.3 Å². The van der Waals surface area contributed by atoms with Crippen LogP contribution in [0, 0.1) is 0 Å². The molecule has 104 valence electrons. The second kappa shape index (κ2) is 6.82. The minimum atomic E-state index is -0.386. The van der Waals surface area contributed by atoms with E-state index in [0.717, 1.165) is 11.4 Å². The summed E-state index contributed by atoms with van der Waals surface area (Å²) in [5.74, 6) is 0.805. The van der Waals surface area contributed by atoms with Gasteiger partial charge in [0, 0.05) is 10.7 Å². The van der Waals surface area contributed by atoms with Gasteiger partial charge in [-0.1, -0.05) is 17.7 Å². The number of anilines is 1. The van der Waals surface area contributed by atoms with Crippen molar-refractivity contribution >= 4 is 23.3 Å².